The molecule has 0 unspecified atom stereocenters. The zero-order chi connectivity index (χ0) is 17.6. The Bertz CT molecular complexity index is 351. The fraction of sp³-hybridized carbons (Fsp3) is 0.857. The molecule has 1 aliphatic heterocycles. The Morgan fingerprint density at radius 2 is 1.46 bits per heavy atom. The predicted molar refractivity (Wildman–Crippen MR) is 99.9 cm³/mol. The number of unbranched alkanes of at least 4 members (excludes halogenated alkanes) is 10. The molecule has 1 rings (SSSR count). The predicted octanol–water partition coefficient (Wildman–Crippen LogP) is 5.56. The van der Waals surface area contributed by atoms with Gasteiger partial charge in [0.05, 0.1) is 5.92 Å². The van der Waals surface area contributed by atoms with Crippen LogP contribution in [0.25, 0.3) is 0 Å². The van der Waals surface area contributed by atoms with Crippen LogP contribution >= 0.6 is 0 Å². The highest BCUT2D eigenvalue weighted by molar-refractivity contribution is 5.75. The van der Waals surface area contributed by atoms with Crippen molar-refractivity contribution in [3.8, 4) is 0 Å². The van der Waals surface area contributed by atoms with Crippen LogP contribution in [0.2, 0.25) is 0 Å². The molecular weight excluding hydrogens is 300 g/mol. The van der Waals surface area contributed by atoms with Crippen LogP contribution in [0.5, 0.6) is 0 Å². The Hall–Kier alpha value is -0.830. The molecule has 0 spiro atoms. The number of hydrogen-bond donors (Lipinski definition) is 1. The molecule has 1 aliphatic rings. The van der Waals surface area contributed by atoms with Crippen LogP contribution in [-0.4, -0.2) is 23.3 Å². The van der Waals surface area contributed by atoms with Gasteiger partial charge in [-0.25, -0.2) is 0 Å². The summed E-state index contributed by atoms with van der Waals surface area (Å²) >= 11 is 0. The van der Waals surface area contributed by atoms with Crippen LogP contribution in [0.3, 0.4) is 0 Å². The minimum absolute atomic E-state index is 0.215. The third-order valence-corrected chi connectivity index (χ3v) is 5.02. The molecule has 0 amide bonds. The Kier molecular flexibility index (Phi) is 11.9. The summed E-state index contributed by atoms with van der Waals surface area (Å²) in [7, 11) is 0. The van der Waals surface area contributed by atoms with Crippen LogP contribution in [0.4, 0.5) is 0 Å². The first kappa shape index (κ1) is 21.2. The number of aliphatic hydroxyl groups is 1. The van der Waals surface area contributed by atoms with E-state index in [0.717, 1.165) is 19.3 Å². The van der Waals surface area contributed by atoms with Gasteiger partial charge >= 0.3 is 5.97 Å². The Labute approximate surface area is 148 Å². The maximum atomic E-state index is 11.6. The average molecular weight is 339 g/mol. The zero-order valence-electron chi connectivity index (χ0n) is 15.8. The standard InChI is InChI=1S/C21H38O3/c1-3-4-5-6-7-8-9-10-11-12-13-14-15-16-17-19-20(22)18(2)24-21(19)23/h10-11,18-20,22H,3-9,12-17H2,1-2H3/b11-10+/t18-,19+,20+/m1/s1. The van der Waals surface area contributed by atoms with Gasteiger partial charge in [0, 0.05) is 0 Å². The Balaban J connectivity index is 1.87. The number of allylic oxidation sites excluding steroid dienone is 2. The van der Waals surface area contributed by atoms with Gasteiger partial charge in [-0.2, -0.15) is 0 Å². The van der Waals surface area contributed by atoms with E-state index < -0.39 is 6.10 Å². The average Bonchev–Trinajstić information content (AvgIpc) is 2.81. The second kappa shape index (κ2) is 13.5. The molecule has 24 heavy (non-hydrogen) atoms. The summed E-state index contributed by atoms with van der Waals surface area (Å²) in [4.78, 5) is 11.6. The second-order valence-electron chi connectivity index (χ2n) is 7.26. The maximum Gasteiger partial charge on any atom is 0.312 e. The monoisotopic (exact) mass is 338 g/mol. The molecule has 0 aromatic carbocycles. The number of esters is 1. The lowest BCUT2D eigenvalue weighted by atomic mass is 9.95. The van der Waals surface area contributed by atoms with E-state index in [0.29, 0.717) is 0 Å². The molecule has 1 heterocycles. The van der Waals surface area contributed by atoms with E-state index in [1.807, 2.05) is 0 Å². The third-order valence-electron chi connectivity index (χ3n) is 5.02. The third kappa shape index (κ3) is 8.86. The molecule has 0 radical (unpaired) electrons. The summed E-state index contributed by atoms with van der Waals surface area (Å²) in [6.45, 7) is 4.02. The van der Waals surface area contributed by atoms with Gasteiger partial charge < -0.3 is 9.84 Å². The van der Waals surface area contributed by atoms with Crippen molar-refractivity contribution in [3.63, 3.8) is 0 Å². The van der Waals surface area contributed by atoms with Crippen molar-refractivity contribution in [1.29, 1.82) is 0 Å². The fourth-order valence-corrected chi connectivity index (χ4v) is 3.35. The van der Waals surface area contributed by atoms with E-state index in [1.54, 1.807) is 6.92 Å². The molecule has 1 fully saturated rings. The molecule has 3 atom stereocenters. The van der Waals surface area contributed by atoms with Crippen LogP contribution in [0.1, 0.15) is 97.3 Å². The Morgan fingerprint density at radius 3 is 2.00 bits per heavy atom. The van der Waals surface area contributed by atoms with Crippen LogP contribution in [0, 0.1) is 5.92 Å². The van der Waals surface area contributed by atoms with Crippen LogP contribution < -0.4 is 0 Å². The summed E-state index contributed by atoms with van der Waals surface area (Å²) in [6.07, 6.45) is 19.6. The second-order valence-corrected chi connectivity index (χ2v) is 7.26. The van der Waals surface area contributed by atoms with E-state index in [9.17, 15) is 9.90 Å². The van der Waals surface area contributed by atoms with Crippen LogP contribution in [-0.2, 0) is 9.53 Å². The van der Waals surface area contributed by atoms with Gasteiger partial charge in [-0.05, 0) is 39.0 Å². The van der Waals surface area contributed by atoms with Gasteiger partial charge in [-0.1, -0.05) is 70.4 Å². The minimum Gasteiger partial charge on any atom is -0.460 e. The zero-order valence-corrected chi connectivity index (χ0v) is 15.8. The molecule has 0 aromatic rings. The summed E-state index contributed by atoms with van der Waals surface area (Å²) in [5, 5.41) is 9.88. The van der Waals surface area contributed by atoms with Crippen molar-refractivity contribution in [2.24, 2.45) is 5.92 Å². The number of rotatable bonds is 14. The highest BCUT2D eigenvalue weighted by Gasteiger charge is 2.40. The lowest BCUT2D eigenvalue weighted by Crippen LogP contribution is -2.24. The van der Waals surface area contributed by atoms with E-state index in [4.69, 9.17) is 4.74 Å². The first-order valence-electron chi connectivity index (χ1n) is 10.2. The molecular formula is C21H38O3. The molecule has 0 saturated carbocycles. The molecule has 1 saturated heterocycles. The van der Waals surface area contributed by atoms with Crippen molar-refractivity contribution >= 4 is 5.97 Å². The lowest BCUT2D eigenvalue weighted by molar-refractivity contribution is -0.143. The lowest BCUT2D eigenvalue weighted by Gasteiger charge is -2.11. The number of ether oxygens (including phenoxy) is 1. The van der Waals surface area contributed by atoms with Crippen molar-refractivity contribution in [2.45, 2.75) is 110 Å². The topological polar surface area (TPSA) is 46.5 Å². The molecule has 1 N–H and O–H groups in total. The summed E-state index contributed by atoms with van der Waals surface area (Å²) in [6, 6.07) is 0. The van der Waals surface area contributed by atoms with Crippen molar-refractivity contribution in [1.82, 2.24) is 0 Å². The number of aliphatic hydroxyl groups excluding tert-OH is 1. The maximum absolute atomic E-state index is 11.6. The van der Waals surface area contributed by atoms with Gasteiger partial charge in [0.1, 0.15) is 12.2 Å². The first-order chi connectivity index (χ1) is 11.7. The quantitative estimate of drug-likeness (QED) is 0.256. The van der Waals surface area contributed by atoms with Gasteiger partial charge in [-0.3, -0.25) is 4.79 Å². The SMILES string of the molecule is CCCCCCCC/C=C/CCCCCC[C@@H]1C(=O)O[C@H](C)[C@@H]1O. The van der Waals surface area contributed by atoms with Gasteiger partial charge in [0.25, 0.3) is 0 Å². The van der Waals surface area contributed by atoms with Gasteiger partial charge in [0.2, 0.25) is 0 Å². The largest absolute Gasteiger partial charge is 0.460 e. The summed E-state index contributed by atoms with van der Waals surface area (Å²) in [5.41, 5.74) is 0. The van der Waals surface area contributed by atoms with Gasteiger partial charge in [-0.15, -0.1) is 0 Å². The molecule has 0 aromatic heterocycles. The highest BCUT2D eigenvalue weighted by atomic mass is 16.6. The van der Waals surface area contributed by atoms with Gasteiger partial charge in [0.15, 0.2) is 0 Å². The van der Waals surface area contributed by atoms with Crippen molar-refractivity contribution in [3.05, 3.63) is 12.2 Å². The number of carbonyl (C=O) groups excluding carboxylic acids is 1. The molecule has 140 valence electrons. The molecule has 3 heteroatoms. The number of cyclic esters (lactones) is 1. The van der Waals surface area contributed by atoms with Crippen molar-refractivity contribution in [2.75, 3.05) is 0 Å². The van der Waals surface area contributed by atoms with E-state index in [2.05, 4.69) is 19.1 Å². The minimum atomic E-state index is -0.609. The highest BCUT2D eigenvalue weighted by Crippen LogP contribution is 2.26. The summed E-state index contributed by atoms with van der Waals surface area (Å²) < 4.78 is 5.06. The van der Waals surface area contributed by atoms with E-state index in [1.165, 1.54) is 64.2 Å². The van der Waals surface area contributed by atoms with E-state index >= 15 is 0 Å². The van der Waals surface area contributed by atoms with Crippen LogP contribution in [0.15, 0.2) is 12.2 Å². The first-order valence-corrected chi connectivity index (χ1v) is 10.2. The number of carbonyl (C=O) groups is 1. The number of hydrogen-bond acceptors (Lipinski definition) is 3. The summed E-state index contributed by atoms with van der Waals surface area (Å²) in [5.74, 6) is -0.509. The van der Waals surface area contributed by atoms with Crippen molar-refractivity contribution < 1.29 is 14.6 Å². The Morgan fingerprint density at radius 1 is 0.917 bits per heavy atom. The smallest absolute Gasteiger partial charge is 0.312 e. The molecule has 0 aliphatic carbocycles. The molecule has 0 bridgehead atoms. The normalized spacial score (nSPS) is 24.0. The fourth-order valence-electron chi connectivity index (χ4n) is 3.35. The van der Waals surface area contributed by atoms with E-state index in [-0.39, 0.29) is 18.0 Å². The molecule has 3 nitrogen and oxygen atoms in total.